The molecule has 0 amide bonds. The molecule has 0 unspecified atom stereocenters. The van der Waals surface area contributed by atoms with Crippen LogP contribution in [0.2, 0.25) is 0 Å². The van der Waals surface area contributed by atoms with E-state index in [-0.39, 0.29) is 11.5 Å². The van der Waals surface area contributed by atoms with E-state index in [2.05, 4.69) is 4.98 Å². The minimum absolute atomic E-state index is 0.140. The zero-order valence-corrected chi connectivity index (χ0v) is 13.8. The minimum atomic E-state index is -0.662. The number of rotatable bonds is 6. The number of carbonyl (C=O) groups excluding carboxylic acids is 2. The quantitative estimate of drug-likeness (QED) is 0.506. The molecular formula is C18H16N2O5. The molecule has 0 saturated carbocycles. The molecule has 0 saturated heterocycles. The van der Waals surface area contributed by atoms with Crippen LogP contribution in [0, 0.1) is 0 Å². The van der Waals surface area contributed by atoms with Crippen molar-refractivity contribution in [3.63, 3.8) is 0 Å². The number of carbonyl (C=O) groups is 2. The molecule has 0 atom stereocenters. The molecule has 2 aromatic heterocycles. The smallest absolute Gasteiger partial charge is 0.359 e. The lowest BCUT2D eigenvalue weighted by molar-refractivity contribution is 0.0468. The first kappa shape index (κ1) is 16.5. The summed E-state index contributed by atoms with van der Waals surface area (Å²) < 4.78 is 17.1. The number of imidazole rings is 1. The second kappa shape index (κ2) is 7.04. The van der Waals surface area contributed by atoms with Gasteiger partial charge in [0.05, 0.1) is 19.8 Å². The van der Waals surface area contributed by atoms with E-state index in [1.165, 1.54) is 14.2 Å². The van der Waals surface area contributed by atoms with E-state index in [4.69, 9.17) is 14.2 Å². The standard InChI is InChI=1S/C18H16N2O5/c1-23-12-6-7-13(16(9-12)24-2)15(21)11-25-18(22)14-10-20-8-4-3-5-17(20)19-14/h3-10H,11H2,1-2H3. The summed E-state index contributed by atoms with van der Waals surface area (Å²) in [6.45, 7) is -0.407. The van der Waals surface area contributed by atoms with Crippen LogP contribution in [0.15, 0.2) is 48.8 Å². The molecule has 25 heavy (non-hydrogen) atoms. The molecule has 0 aliphatic heterocycles. The number of hydrogen-bond donors (Lipinski definition) is 0. The van der Waals surface area contributed by atoms with Crippen molar-refractivity contribution in [3.05, 3.63) is 60.0 Å². The van der Waals surface area contributed by atoms with E-state index in [9.17, 15) is 9.59 Å². The number of aromatic nitrogens is 2. The van der Waals surface area contributed by atoms with Crippen molar-refractivity contribution in [1.82, 2.24) is 9.38 Å². The van der Waals surface area contributed by atoms with Gasteiger partial charge in [-0.05, 0) is 24.3 Å². The third-order valence-electron chi connectivity index (χ3n) is 3.62. The molecule has 128 valence electrons. The molecule has 0 radical (unpaired) electrons. The Morgan fingerprint density at radius 1 is 1.12 bits per heavy atom. The third kappa shape index (κ3) is 3.45. The number of methoxy groups -OCH3 is 2. The summed E-state index contributed by atoms with van der Waals surface area (Å²) in [7, 11) is 2.97. The maximum absolute atomic E-state index is 12.3. The van der Waals surface area contributed by atoms with E-state index >= 15 is 0 Å². The molecule has 0 spiro atoms. The number of nitrogens with zero attached hydrogens (tertiary/aromatic N) is 2. The second-order valence-corrected chi connectivity index (χ2v) is 5.16. The topological polar surface area (TPSA) is 79.1 Å². The van der Waals surface area contributed by atoms with E-state index in [1.54, 1.807) is 41.1 Å². The molecular weight excluding hydrogens is 324 g/mol. The van der Waals surface area contributed by atoms with E-state index in [0.29, 0.717) is 22.7 Å². The molecule has 0 N–H and O–H groups in total. The second-order valence-electron chi connectivity index (χ2n) is 5.16. The van der Waals surface area contributed by atoms with Gasteiger partial charge in [0.2, 0.25) is 5.78 Å². The summed E-state index contributed by atoms with van der Waals surface area (Å²) in [5.74, 6) is -0.121. The Morgan fingerprint density at radius 2 is 1.96 bits per heavy atom. The summed E-state index contributed by atoms with van der Waals surface area (Å²) >= 11 is 0. The van der Waals surface area contributed by atoms with Crippen molar-refractivity contribution >= 4 is 17.4 Å². The Hall–Kier alpha value is -3.35. The van der Waals surface area contributed by atoms with Crippen LogP contribution in [0.1, 0.15) is 20.8 Å². The lowest BCUT2D eigenvalue weighted by atomic mass is 10.1. The van der Waals surface area contributed by atoms with Crippen molar-refractivity contribution in [1.29, 1.82) is 0 Å². The van der Waals surface area contributed by atoms with E-state index in [0.717, 1.165) is 0 Å². The van der Waals surface area contributed by atoms with Crippen molar-refractivity contribution in [2.75, 3.05) is 20.8 Å². The Morgan fingerprint density at radius 3 is 2.68 bits per heavy atom. The van der Waals surface area contributed by atoms with Crippen LogP contribution in [0.5, 0.6) is 11.5 Å². The minimum Gasteiger partial charge on any atom is -0.497 e. The van der Waals surface area contributed by atoms with Gasteiger partial charge in [0, 0.05) is 18.5 Å². The van der Waals surface area contributed by atoms with Gasteiger partial charge in [0.25, 0.3) is 0 Å². The van der Waals surface area contributed by atoms with Gasteiger partial charge in [-0.25, -0.2) is 9.78 Å². The molecule has 0 bridgehead atoms. The first-order valence-electron chi connectivity index (χ1n) is 7.48. The maximum atomic E-state index is 12.3. The average Bonchev–Trinajstić information content (AvgIpc) is 3.09. The predicted molar refractivity (Wildman–Crippen MR) is 89.4 cm³/mol. The van der Waals surface area contributed by atoms with Gasteiger partial charge in [0.15, 0.2) is 12.3 Å². The molecule has 0 aliphatic rings. The number of fused-ring (bicyclic) bond motifs is 1. The highest BCUT2D eigenvalue weighted by molar-refractivity contribution is 6.01. The van der Waals surface area contributed by atoms with Crippen LogP contribution in [-0.4, -0.2) is 42.0 Å². The van der Waals surface area contributed by atoms with Crippen molar-refractivity contribution in [2.24, 2.45) is 0 Å². The fraction of sp³-hybridized carbons (Fsp3) is 0.167. The molecule has 0 aliphatic carbocycles. The van der Waals surface area contributed by atoms with Gasteiger partial charge >= 0.3 is 5.97 Å². The number of pyridine rings is 1. The SMILES string of the molecule is COc1ccc(C(=O)COC(=O)c2cn3ccccc3n2)c(OC)c1. The fourth-order valence-electron chi connectivity index (χ4n) is 2.34. The summed E-state index contributed by atoms with van der Waals surface area (Å²) in [5.41, 5.74) is 1.07. The number of hydrogen-bond acceptors (Lipinski definition) is 6. The van der Waals surface area contributed by atoms with Crippen LogP contribution < -0.4 is 9.47 Å². The molecule has 3 aromatic rings. The fourth-order valence-corrected chi connectivity index (χ4v) is 2.34. The highest BCUT2D eigenvalue weighted by atomic mass is 16.5. The zero-order chi connectivity index (χ0) is 17.8. The Balaban J connectivity index is 1.70. The molecule has 1 aromatic carbocycles. The Kier molecular flexibility index (Phi) is 4.65. The lowest BCUT2D eigenvalue weighted by Gasteiger charge is -2.09. The number of benzene rings is 1. The van der Waals surface area contributed by atoms with Crippen LogP contribution >= 0.6 is 0 Å². The van der Waals surface area contributed by atoms with Gasteiger partial charge in [-0.3, -0.25) is 4.79 Å². The zero-order valence-electron chi connectivity index (χ0n) is 13.8. The largest absolute Gasteiger partial charge is 0.497 e. The summed E-state index contributed by atoms with van der Waals surface area (Å²) in [6.07, 6.45) is 3.32. The predicted octanol–water partition coefficient (Wildman–Crippen LogP) is 2.39. The molecule has 7 nitrogen and oxygen atoms in total. The number of esters is 1. The summed E-state index contributed by atoms with van der Waals surface area (Å²) in [5, 5.41) is 0. The van der Waals surface area contributed by atoms with Gasteiger partial charge in [0.1, 0.15) is 17.1 Å². The molecule has 0 fully saturated rings. The van der Waals surface area contributed by atoms with Crippen LogP contribution in [0.4, 0.5) is 0 Å². The van der Waals surface area contributed by atoms with Crippen LogP contribution in [-0.2, 0) is 4.74 Å². The molecule has 2 heterocycles. The van der Waals surface area contributed by atoms with Gasteiger partial charge in [-0.1, -0.05) is 6.07 Å². The van der Waals surface area contributed by atoms with E-state index < -0.39 is 12.6 Å². The molecule has 7 heteroatoms. The lowest BCUT2D eigenvalue weighted by Crippen LogP contribution is -2.15. The van der Waals surface area contributed by atoms with Gasteiger partial charge in [-0.2, -0.15) is 0 Å². The first-order chi connectivity index (χ1) is 12.1. The van der Waals surface area contributed by atoms with Gasteiger partial charge < -0.3 is 18.6 Å². The summed E-state index contributed by atoms with van der Waals surface area (Å²) in [6, 6.07) is 10.2. The van der Waals surface area contributed by atoms with Crippen molar-refractivity contribution in [2.45, 2.75) is 0 Å². The van der Waals surface area contributed by atoms with Crippen molar-refractivity contribution in [3.8, 4) is 11.5 Å². The van der Waals surface area contributed by atoms with E-state index in [1.807, 2.05) is 12.1 Å². The number of Topliss-reactive ketones (excluding diaryl/α,β-unsaturated/α-hetero) is 1. The highest BCUT2D eigenvalue weighted by Crippen LogP contribution is 2.25. The number of ether oxygens (including phenoxy) is 3. The normalized spacial score (nSPS) is 10.5. The molecule has 3 rings (SSSR count). The highest BCUT2D eigenvalue weighted by Gasteiger charge is 2.18. The van der Waals surface area contributed by atoms with Crippen molar-refractivity contribution < 1.29 is 23.8 Å². The first-order valence-corrected chi connectivity index (χ1v) is 7.48. The number of ketones is 1. The summed E-state index contributed by atoms with van der Waals surface area (Å²) in [4.78, 5) is 28.6. The van der Waals surface area contributed by atoms with Crippen LogP contribution in [0.25, 0.3) is 5.65 Å². The average molecular weight is 340 g/mol. The van der Waals surface area contributed by atoms with Crippen LogP contribution in [0.3, 0.4) is 0 Å². The van der Waals surface area contributed by atoms with Gasteiger partial charge in [-0.15, -0.1) is 0 Å². The monoisotopic (exact) mass is 340 g/mol. The Bertz CT molecular complexity index is 899. The third-order valence-corrected chi connectivity index (χ3v) is 3.62. The maximum Gasteiger partial charge on any atom is 0.359 e. The Labute approximate surface area is 143 Å².